The number of ketones is 1. The molecule has 1 fully saturated rings. The third kappa shape index (κ3) is 4.19. The smallest absolute Gasteiger partial charge is 0.295 e. The highest BCUT2D eigenvalue weighted by atomic mass is 79.9. The number of methoxy groups -OCH3 is 1. The van der Waals surface area contributed by atoms with E-state index < -0.39 is 17.7 Å². The lowest BCUT2D eigenvalue weighted by molar-refractivity contribution is -0.139. The Bertz CT molecular complexity index is 943. The van der Waals surface area contributed by atoms with E-state index in [0.717, 1.165) is 19.3 Å². The maximum absolute atomic E-state index is 12.9. The van der Waals surface area contributed by atoms with E-state index in [1.807, 2.05) is 6.07 Å². The Morgan fingerprint density at radius 1 is 1.28 bits per heavy atom. The van der Waals surface area contributed by atoms with Crippen molar-refractivity contribution in [2.75, 3.05) is 13.7 Å². The number of halogens is 1. The summed E-state index contributed by atoms with van der Waals surface area (Å²) in [5, 5.41) is 11.0. The molecule has 1 amide bonds. The van der Waals surface area contributed by atoms with Crippen LogP contribution in [0, 0.1) is 0 Å². The second kappa shape index (κ2) is 9.22. The first-order valence-electron chi connectivity index (χ1n) is 9.51. The lowest BCUT2D eigenvalue weighted by atomic mass is 9.96. The summed E-state index contributed by atoms with van der Waals surface area (Å²) in [7, 11) is 1.55. The van der Waals surface area contributed by atoms with Crippen molar-refractivity contribution in [3.05, 3.63) is 63.9 Å². The Balaban J connectivity index is 2.11. The van der Waals surface area contributed by atoms with Crippen molar-refractivity contribution in [1.29, 1.82) is 0 Å². The SMILES string of the molecule is CCCCCN1C(=O)C(=O)/C(=C(\O)c2ccc(OC)c(Br)c2)C1c1cccnc1. The first kappa shape index (κ1) is 21.0. The summed E-state index contributed by atoms with van der Waals surface area (Å²) < 4.78 is 5.86. The van der Waals surface area contributed by atoms with Crippen molar-refractivity contribution in [2.45, 2.75) is 32.2 Å². The highest BCUT2D eigenvalue weighted by Gasteiger charge is 2.45. The summed E-state index contributed by atoms with van der Waals surface area (Å²) in [4.78, 5) is 31.3. The van der Waals surface area contributed by atoms with Crippen LogP contribution in [-0.2, 0) is 9.59 Å². The van der Waals surface area contributed by atoms with Gasteiger partial charge in [-0.3, -0.25) is 14.6 Å². The predicted molar refractivity (Wildman–Crippen MR) is 113 cm³/mol. The molecule has 2 heterocycles. The molecule has 152 valence electrons. The Hall–Kier alpha value is -2.67. The summed E-state index contributed by atoms with van der Waals surface area (Å²) in [6.45, 7) is 2.52. The molecule has 1 aliphatic rings. The summed E-state index contributed by atoms with van der Waals surface area (Å²) >= 11 is 3.39. The van der Waals surface area contributed by atoms with Gasteiger partial charge in [0.25, 0.3) is 11.7 Å². The number of likely N-dealkylation sites (tertiary alicyclic amines) is 1. The van der Waals surface area contributed by atoms with Gasteiger partial charge in [-0.05, 0) is 52.2 Å². The van der Waals surface area contributed by atoms with Crippen molar-refractivity contribution in [3.63, 3.8) is 0 Å². The zero-order chi connectivity index (χ0) is 21.0. The molecular formula is C22H23BrN2O4. The number of unbranched alkanes of at least 4 members (excludes halogenated alkanes) is 2. The molecule has 0 bridgehead atoms. The molecule has 1 saturated heterocycles. The number of aliphatic hydroxyl groups excluding tert-OH is 1. The number of aliphatic hydroxyl groups is 1. The first-order valence-corrected chi connectivity index (χ1v) is 10.3. The fraction of sp³-hybridized carbons (Fsp3) is 0.318. The first-order chi connectivity index (χ1) is 14.0. The molecule has 3 rings (SSSR count). The van der Waals surface area contributed by atoms with Gasteiger partial charge in [-0.2, -0.15) is 0 Å². The van der Waals surface area contributed by atoms with Gasteiger partial charge < -0.3 is 14.7 Å². The van der Waals surface area contributed by atoms with Gasteiger partial charge in [0.2, 0.25) is 0 Å². The number of rotatable bonds is 7. The lowest BCUT2D eigenvalue weighted by Crippen LogP contribution is -2.30. The predicted octanol–water partition coefficient (Wildman–Crippen LogP) is 4.46. The van der Waals surface area contributed by atoms with Gasteiger partial charge >= 0.3 is 0 Å². The van der Waals surface area contributed by atoms with E-state index in [2.05, 4.69) is 27.8 Å². The second-order valence-electron chi connectivity index (χ2n) is 6.84. The minimum Gasteiger partial charge on any atom is -0.507 e. The monoisotopic (exact) mass is 458 g/mol. The van der Waals surface area contributed by atoms with Crippen LogP contribution < -0.4 is 4.74 Å². The van der Waals surface area contributed by atoms with E-state index >= 15 is 0 Å². The van der Waals surface area contributed by atoms with Crippen molar-refractivity contribution >= 4 is 33.4 Å². The summed E-state index contributed by atoms with van der Waals surface area (Å²) in [6, 6.07) is 7.92. The van der Waals surface area contributed by atoms with Crippen molar-refractivity contribution < 1.29 is 19.4 Å². The van der Waals surface area contributed by atoms with E-state index in [9.17, 15) is 14.7 Å². The number of benzene rings is 1. The van der Waals surface area contributed by atoms with E-state index in [4.69, 9.17) is 4.74 Å². The maximum Gasteiger partial charge on any atom is 0.295 e. The number of hydrogen-bond acceptors (Lipinski definition) is 5. The molecule has 6 nitrogen and oxygen atoms in total. The van der Waals surface area contributed by atoms with Gasteiger partial charge in [-0.15, -0.1) is 0 Å². The van der Waals surface area contributed by atoms with Crippen LogP contribution in [0.4, 0.5) is 0 Å². The number of hydrogen-bond donors (Lipinski definition) is 1. The van der Waals surface area contributed by atoms with Crippen LogP contribution in [0.2, 0.25) is 0 Å². The molecule has 1 aromatic carbocycles. The number of carbonyl (C=O) groups is 2. The molecule has 0 radical (unpaired) electrons. The van der Waals surface area contributed by atoms with E-state index in [0.29, 0.717) is 27.9 Å². The second-order valence-corrected chi connectivity index (χ2v) is 7.69. The number of pyridine rings is 1. The van der Waals surface area contributed by atoms with Crippen LogP contribution in [-0.4, -0.2) is 40.3 Å². The minimum atomic E-state index is -0.681. The highest BCUT2D eigenvalue weighted by Crippen LogP contribution is 2.40. The van der Waals surface area contributed by atoms with Crippen molar-refractivity contribution in [1.82, 2.24) is 9.88 Å². The number of nitrogens with zero attached hydrogens (tertiary/aromatic N) is 2. The Kier molecular flexibility index (Phi) is 6.69. The largest absolute Gasteiger partial charge is 0.507 e. The molecule has 0 aliphatic carbocycles. The minimum absolute atomic E-state index is 0.0802. The molecule has 1 N–H and O–H groups in total. The van der Waals surface area contributed by atoms with Crippen molar-refractivity contribution in [3.8, 4) is 5.75 Å². The average molecular weight is 459 g/mol. The number of aromatic nitrogens is 1. The van der Waals surface area contributed by atoms with Gasteiger partial charge in [0, 0.05) is 24.5 Å². The Morgan fingerprint density at radius 3 is 2.69 bits per heavy atom. The van der Waals surface area contributed by atoms with Gasteiger partial charge in [0.1, 0.15) is 11.5 Å². The number of amides is 1. The average Bonchev–Trinajstić information content (AvgIpc) is 2.99. The molecule has 1 atom stereocenters. The Labute approximate surface area is 178 Å². The molecule has 1 aromatic heterocycles. The van der Waals surface area contributed by atoms with E-state index in [1.165, 1.54) is 0 Å². The quantitative estimate of drug-likeness (QED) is 0.286. The lowest BCUT2D eigenvalue weighted by Gasteiger charge is -2.25. The van der Waals surface area contributed by atoms with Crippen LogP contribution in [0.1, 0.15) is 43.4 Å². The zero-order valence-electron chi connectivity index (χ0n) is 16.4. The fourth-order valence-corrected chi connectivity index (χ4v) is 4.04. The molecule has 2 aromatic rings. The third-order valence-corrected chi connectivity index (χ3v) is 5.59. The molecule has 1 aliphatic heterocycles. The third-order valence-electron chi connectivity index (χ3n) is 4.97. The normalized spacial score (nSPS) is 18.3. The molecule has 0 spiro atoms. The van der Waals surface area contributed by atoms with Crippen molar-refractivity contribution in [2.24, 2.45) is 0 Å². The van der Waals surface area contributed by atoms with Gasteiger partial charge in [0.05, 0.1) is 23.2 Å². The standard InChI is InChI=1S/C22H23BrN2O4/c1-3-4-5-11-25-19(15-7-6-10-24-13-15)18(21(27)22(25)28)20(26)14-8-9-17(29-2)16(23)12-14/h6-10,12-13,19,26H,3-5,11H2,1-2H3/b20-18-. The molecular weight excluding hydrogens is 436 g/mol. The van der Waals surface area contributed by atoms with Crippen LogP contribution in [0.15, 0.2) is 52.8 Å². The van der Waals surface area contributed by atoms with Crippen LogP contribution in [0.5, 0.6) is 5.75 Å². The van der Waals surface area contributed by atoms with Gasteiger partial charge in [-0.25, -0.2) is 0 Å². The molecule has 0 saturated carbocycles. The van der Waals surface area contributed by atoms with Gasteiger partial charge in [-0.1, -0.05) is 25.8 Å². The van der Waals surface area contributed by atoms with E-state index in [1.54, 1.807) is 48.7 Å². The fourth-order valence-electron chi connectivity index (χ4n) is 3.50. The van der Waals surface area contributed by atoms with E-state index in [-0.39, 0.29) is 11.3 Å². The number of Topliss-reactive ketones (excluding diaryl/α,β-unsaturated/α-hetero) is 1. The summed E-state index contributed by atoms with van der Waals surface area (Å²) in [6.07, 6.45) is 6.00. The number of carbonyl (C=O) groups excluding carboxylic acids is 2. The van der Waals surface area contributed by atoms with Crippen LogP contribution in [0.3, 0.4) is 0 Å². The molecule has 7 heteroatoms. The highest BCUT2D eigenvalue weighted by molar-refractivity contribution is 9.10. The molecule has 1 unspecified atom stereocenters. The summed E-state index contributed by atoms with van der Waals surface area (Å²) in [5.41, 5.74) is 1.20. The van der Waals surface area contributed by atoms with Crippen LogP contribution in [0.25, 0.3) is 5.76 Å². The zero-order valence-corrected chi connectivity index (χ0v) is 18.0. The van der Waals surface area contributed by atoms with Gasteiger partial charge in [0.15, 0.2) is 0 Å². The maximum atomic E-state index is 12.9. The summed E-state index contributed by atoms with van der Waals surface area (Å²) in [5.74, 6) is -0.882. The van der Waals surface area contributed by atoms with Crippen LogP contribution >= 0.6 is 15.9 Å². The Morgan fingerprint density at radius 2 is 2.07 bits per heavy atom. The topological polar surface area (TPSA) is 79.7 Å². The number of ether oxygens (including phenoxy) is 1. The molecule has 29 heavy (non-hydrogen) atoms.